The van der Waals surface area contributed by atoms with E-state index in [0.717, 1.165) is 11.8 Å². The number of rotatable bonds is 0. The quantitative estimate of drug-likeness (QED) is 0.615. The molecule has 2 saturated carbocycles. The Balaban J connectivity index is 1.98. The first kappa shape index (κ1) is 8.45. The summed E-state index contributed by atoms with van der Waals surface area (Å²) in [6.07, 6.45) is 2.50. The van der Waals surface area contributed by atoms with Crippen LogP contribution in [0, 0.1) is 23.7 Å². The Labute approximate surface area is 84.0 Å². The first-order chi connectivity index (χ1) is 6.66. The third kappa shape index (κ3) is 0.928. The summed E-state index contributed by atoms with van der Waals surface area (Å²) in [7, 11) is 0. The number of fused-ring (bicyclic) bond motifs is 5. The molecular weight excluding hydrogens is 176 g/mol. The second kappa shape index (κ2) is 2.59. The number of amides is 1. The van der Waals surface area contributed by atoms with E-state index in [4.69, 9.17) is 0 Å². The van der Waals surface area contributed by atoms with Gasteiger partial charge in [0.05, 0.1) is 12.0 Å². The highest BCUT2D eigenvalue weighted by Gasteiger charge is 2.55. The molecule has 1 N–H and O–H groups in total. The average molecular weight is 192 g/mol. The molecule has 0 aromatic rings. The second-order valence-electron chi connectivity index (χ2n) is 5.09. The molecule has 2 bridgehead atoms. The van der Waals surface area contributed by atoms with Crippen LogP contribution in [0.1, 0.15) is 26.7 Å². The Kier molecular flexibility index (Phi) is 1.56. The summed E-state index contributed by atoms with van der Waals surface area (Å²) in [6.45, 7) is 4.17. The van der Waals surface area contributed by atoms with E-state index in [1.165, 1.54) is 12.8 Å². The fraction of sp³-hybridized carbons (Fsp3) is 0.818. The number of nitrogens with zero attached hydrogens (tertiary/aromatic N) is 1. The summed E-state index contributed by atoms with van der Waals surface area (Å²) in [4.78, 5) is 16.4. The topological polar surface area (TPSA) is 41.5 Å². The van der Waals surface area contributed by atoms with Crippen LogP contribution in [0.4, 0.5) is 0 Å². The van der Waals surface area contributed by atoms with E-state index < -0.39 is 0 Å². The van der Waals surface area contributed by atoms with Gasteiger partial charge in [0.2, 0.25) is 5.91 Å². The van der Waals surface area contributed by atoms with E-state index in [1.54, 1.807) is 0 Å². The van der Waals surface area contributed by atoms with Crippen LogP contribution in [-0.2, 0) is 4.79 Å². The van der Waals surface area contributed by atoms with Crippen LogP contribution in [0.3, 0.4) is 0 Å². The van der Waals surface area contributed by atoms with Crippen LogP contribution in [0.2, 0.25) is 0 Å². The second-order valence-corrected chi connectivity index (χ2v) is 5.09. The van der Waals surface area contributed by atoms with Gasteiger partial charge in [0, 0.05) is 0 Å². The van der Waals surface area contributed by atoms with Crippen molar-refractivity contribution in [2.45, 2.75) is 32.7 Å². The third-order valence-electron chi connectivity index (χ3n) is 4.24. The molecule has 3 heteroatoms. The first-order valence-electron chi connectivity index (χ1n) is 5.52. The van der Waals surface area contributed by atoms with E-state index >= 15 is 0 Å². The number of amidine groups is 1. The van der Waals surface area contributed by atoms with Crippen molar-refractivity contribution >= 4 is 11.7 Å². The van der Waals surface area contributed by atoms with E-state index in [0.29, 0.717) is 17.9 Å². The van der Waals surface area contributed by atoms with Crippen LogP contribution in [-0.4, -0.2) is 17.8 Å². The lowest BCUT2D eigenvalue weighted by molar-refractivity contribution is -0.126. The lowest BCUT2D eigenvalue weighted by atomic mass is 9.77. The molecule has 3 nitrogen and oxygen atoms in total. The number of carbonyl (C=O) groups is 1. The standard InChI is InChI=1S/C11H16N2O/c1-5-3-7-4-8(5)9-10(7)12-6(2)13-11(9)14/h5,7-10H,3-4H2,1-2H3,(H,12,13,14). The number of aliphatic imine (C=N–C) groups is 1. The highest BCUT2D eigenvalue weighted by molar-refractivity contribution is 6.00. The Hall–Kier alpha value is -0.860. The SMILES string of the molecule is CC1=NC2C3CC(C)C(C3)C2C(=O)N1. The third-order valence-corrected chi connectivity index (χ3v) is 4.24. The highest BCUT2D eigenvalue weighted by atomic mass is 16.2. The van der Waals surface area contributed by atoms with Gasteiger partial charge < -0.3 is 5.32 Å². The van der Waals surface area contributed by atoms with Crippen molar-refractivity contribution < 1.29 is 4.79 Å². The highest BCUT2D eigenvalue weighted by Crippen LogP contribution is 2.53. The zero-order valence-corrected chi connectivity index (χ0v) is 8.66. The Bertz CT molecular complexity index is 323. The maximum atomic E-state index is 11.8. The summed E-state index contributed by atoms with van der Waals surface area (Å²) in [5.74, 6) is 3.23. The predicted molar refractivity (Wildman–Crippen MR) is 53.9 cm³/mol. The molecule has 76 valence electrons. The molecule has 14 heavy (non-hydrogen) atoms. The molecule has 3 aliphatic rings. The van der Waals surface area contributed by atoms with Crippen LogP contribution < -0.4 is 5.32 Å². The van der Waals surface area contributed by atoms with E-state index in [9.17, 15) is 4.79 Å². The Morgan fingerprint density at radius 3 is 3.00 bits per heavy atom. The summed E-state index contributed by atoms with van der Waals surface area (Å²) < 4.78 is 0. The van der Waals surface area contributed by atoms with Crippen molar-refractivity contribution in [3.05, 3.63) is 0 Å². The van der Waals surface area contributed by atoms with Crippen molar-refractivity contribution in [2.24, 2.45) is 28.7 Å². The molecule has 0 aromatic heterocycles. The van der Waals surface area contributed by atoms with Gasteiger partial charge in [0.25, 0.3) is 0 Å². The van der Waals surface area contributed by atoms with Gasteiger partial charge in [-0.25, -0.2) is 0 Å². The molecule has 5 unspecified atom stereocenters. The van der Waals surface area contributed by atoms with E-state index in [2.05, 4.69) is 17.2 Å². The van der Waals surface area contributed by atoms with Crippen LogP contribution in [0.25, 0.3) is 0 Å². The minimum atomic E-state index is 0.187. The Morgan fingerprint density at radius 2 is 2.21 bits per heavy atom. The fourth-order valence-electron chi connectivity index (χ4n) is 3.71. The number of carbonyl (C=O) groups excluding carboxylic acids is 1. The summed E-state index contributed by atoms with van der Waals surface area (Å²) in [5, 5.41) is 2.87. The van der Waals surface area contributed by atoms with E-state index in [1.807, 2.05) is 6.92 Å². The molecule has 0 spiro atoms. The van der Waals surface area contributed by atoms with Gasteiger partial charge in [-0.1, -0.05) is 6.92 Å². The molecular formula is C11H16N2O. The fourth-order valence-corrected chi connectivity index (χ4v) is 3.71. The molecule has 5 atom stereocenters. The molecule has 2 aliphatic carbocycles. The van der Waals surface area contributed by atoms with Crippen molar-refractivity contribution in [1.82, 2.24) is 5.32 Å². The predicted octanol–water partition coefficient (Wildman–Crippen LogP) is 1.20. The molecule has 2 fully saturated rings. The number of hydrogen-bond acceptors (Lipinski definition) is 2. The monoisotopic (exact) mass is 192 g/mol. The minimum absolute atomic E-state index is 0.187. The first-order valence-corrected chi connectivity index (χ1v) is 5.52. The smallest absolute Gasteiger partial charge is 0.230 e. The summed E-state index contributed by atoms with van der Waals surface area (Å²) in [5.41, 5.74) is 0. The van der Waals surface area contributed by atoms with Gasteiger partial charge in [-0.05, 0) is 37.5 Å². The number of hydrogen-bond donors (Lipinski definition) is 1. The zero-order valence-electron chi connectivity index (χ0n) is 8.66. The molecule has 0 aromatic carbocycles. The van der Waals surface area contributed by atoms with Crippen molar-refractivity contribution in [3.63, 3.8) is 0 Å². The summed E-state index contributed by atoms with van der Waals surface area (Å²) in [6, 6.07) is 0.310. The Morgan fingerprint density at radius 1 is 1.43 bits per heavy atom. The van der Waals surface area contributed by atoms with Gasteiger partial charge in [-0.2, -0.15) is 0 Å². The van der Waals surface area contributed by atoms with Crippen molar-refractivity contribution in [3.8, 4) is 0 Å². The molecule has 0 saturated heterocycles. The van der Waals surface area contributed by atoms with Crippen LogP contribution in [0.15, 0.2) is 4.99 Å². The van der Waals surface area contributed by atoms with Crippen LogP contribution >= 0.6 is 0 Å². The van der Waals surface area contributed by atoms with Crippen LogP contribution in [0.5, 0.6) is 0 Å². The average Bonchev–Trinajstić information content (AvgIpc) is 2.60. The van der Waals surface area contributed by atoms with Gasteiger partial charge >= 0.3 is 0 Å². The molecule has 1 heterocycles. The van der Waals surface area contributed by atoms with Crippen molar-refractivity contribution in [1.29, 1.82) is 0 Å². The van der Waals surface area contributed by atoms with E-state index in [-0.39, 0.29) is 11.8 Å². The lowest BCUT2D eigenvalue weighted by Crippen LogP contribution is -2.48. The van der Waals surface area contributed by atoms with Crippen molar-refractivity contribution in [2.75, 3.05) is 0 Å². The number of nitrogens with one attached hydrogen (secondary N) is 1. The molecule has 1 aliphatic heterocycles. The minimum Gasteiger partial charge on any atom is -0.314 e. The van der Waals surface area contributed by atoms with Gasteiger partial charge in [-0.3, -0.25) is 9.79 Å². The zero-order chi connectivity index (χ0) is 9.87. The largest absolute Gasteiger partial charge is 0.314 e. The molecule has 3 rings (SSSR count). The molecule has 1 amide bonds. The normalized spacial score (nSPS) is 50.0. The molecule has 0 radical (unpaired) electrons. The van der Waals surface area contributed by atoms with Gasteiger partial charge in [-0.15, -0.1) is 0 Å². The van der Waals surface area contributed by atoms with Gasteiger partial charge in [0.1, 0.15) is 5.84 Å². The van der Waals surface area contributed by atoms with Gasteiger partial charge in [0.15, 0.2) is 0 Å². The lowest BCUT2D eigenvalue weighted by Gasteiger charge is -2.34. The maximum Gasteiger partial charge on any atom is 0.230 e. The maximum absolute atomic E-state index is 11.8. The summed E-state index contributed by atoms with van der Waals surface area (Å²) >= 11 is 0.